The van der Waals surface area contributed by atoms with Gasteiger partial charge in [-0.15, -0.1) is 0 Å². The van der Waals surface area contributed by atoms with Crippen LogP contribution in [0.3, 0.4) is 0 Å². The summed E-state index contributed by atoms with van der Waals surface area (Å²) in [7, 11) is 0. The predicted octanol–water partition coefficient (Wildman–Crippen LogP) is 2.60. The van der Waals surface area contributed by atoms with Crippen LogP contribution in [0.1, 0.15) is 32.3 Å². The minimum atomic E-state index is -4.50. The lowest BCUT2D eigenvalue weighted by Gasteiger charge is -2.21. The first-order valence-electron chi connectivity index (χ1n) is 8.65. The third-order valence-corrected chi connectivity index (χ3v) is 3.93. The van der Waals surface area contributed by atoms with Gasteiger partial charge in [-0.05, 0) is 38.8 Å². The third-order valence-electron chi connectivity index (χ3n) is 3.93. The summed E-state index contributed by atoms with van der Waals surface area (Å²) in [6, 6.07) is 2.18. The maximum Gasteiger partial charge on any atom is 0.421 e. The molecule has 0 aromatic carbocycles. The van der Waals surface area contributed by atoms with Crippen LogP contribution in [0.25, 0.3) is 0 Å². The summed E-state index contributed by atoms with van der Waals surface area (Å²) in [6.07, 6.45) is -1.25. The van der Waals surface area contributed by atoms with Crippen molar-refractivity contribution in [2.24, 2.45) is 4.99 Å². The van der Waals surface area contributed by atoms with E-state index >= 15 is 0 Å². The van der Waals surface area contributed by atoms with Crippen molar-refractivity contribution in [3.63, 3.8) is 0 Å². The lowest BCUT2D eigenvalue weighted by molar-refractivity contribution is -0.139. The number of ether oxygens (including phenoxy) is 2. The van der Waals surface area contributed by atoms with Gasteiger partial charge < -0.3 is 20.1 Å². The fourth-order valence-electron chi connectivity index (χ4n) is 2.59. The zero-order valence-electron chi connectivity index (χ0n) is 15.0. The van der Waals surface area contributed by atoms with E-state index in [4.69, 9.17) is 9.47 Å². The van der Waals surface area contributed by atoms with E-state index in [-0.39, 0.29) is 18.8 Å². The molecule has 2 rings (SSSR count). The summed E-state index contributed by atoms with van der Waals surface area (Å²) < 4.78 is 49.6. The Morgan fingerprint density at radius 1 is 1.42 bits per heavy atom. The Morgan fingerprint density at radius 3 is 2.88 bits per heavy atom. The predicted molar refractivity (Wildman–Crippen MR) is 92.3 cm³/mol. The molecular formula is C17H25F3N4O2. The second-order valence-electron chi connectivity index (χ2n) is 6.23. The molecule has 0 bridgehead atoms. The van der Waals surface area contributed by atoms with Gasteiger partial charge in [0, 0.05) is 19.3 Å². The fourth-order valence-corrected chi connectivity index (χ4v) is 2.59. The summed E-state index contributed by atoms with van der Waals surface area (Å²) in [5, 5.41) is 6.13. The number of pyridine rings is 1. The maximum atomic E-state index is 12.9. The Bertz CT molecular complexity index is 602. The highest BCUT2D eigenvalue weighted by atomic mass is 19.4. The highest BCUT2D eigenvalue weighted by Gasteiger charge is 2.35. The number of nitrogens with one attached hydrogen (secondary N) is 2. The van der Waals surface area contributed by atoms with Crippen molar-refractivity contribution in [2.45, 2.75) is 38.5 Å². The van der Waals surface area contributed by atoms with Crippen molar-refractivity contribution >= 4 is 5.96 Å². The molecule has 1 unspecified atom stereocenters. The molecular weight excluding hydrogens is 349 g/mol. The van der Waals surface area contributed by atoms with Crippen LogP contribution in [-0.4, -0.2) is 49.4 Å². The summed E-state index contributed by atoms with van der Waals surface area (Å²) in [4.78, 5) is 8.15. The van der Waals surface area contributed by atoms with Crippen LogP contribution in [0.15, 0.2) is 23.3 Å². The molecule has 1 aliphatic rings. The van der Waals surface area contributed by atoms with E-state index in [9.17, 15) is 13.2 Å². The number of rotatable bonds is 7. The quantitative estimate of drug-likeness (QED) is 0.436. The minimum absolute atomic E-state index is 0.0261. The van der Waals surface area contributed by atoms with Gasteiger partial charge >= 0.3 is 6.18 Å². The molecule has 2 heterocycles. The van der Waals surface area contributed by atoms with Gasteiger partial charge in [-0.1, -0.05) is 0 Å². The van der Waals surface area contributed by atoms with Gasteiger partial charge in [0.1, 0.15) is 12.2 Å². The Morgan fingerprint density at radius 2 is 2.23 bits per heavy atom. The van der Waals surface area contributed by atoms with Crippen molar-refractivity contribution in [3.05, 3.63) is 23.9 Å². The summed E-state index contributed by atoms with van der Waals surface area (Å²) in [5.41, 5.74) is -1.14. The molecule has 1 fully saturated rings. The van der Waals surface area contributed by atoms with E-state index in [2.05, 4.69) is 20.6 Å². The number of hydrogen-bond donors (Lipinski definition) is 2. The van der Waals surface area contributed by atoms with E-state index in [1.165, 1.54) is 12.3 Å². The van der Waals surface area contributed by atoms with Crippen LogP contribution in [-0.2, 0) is 10.9 Å². The molecule has 6 nitrogen and oxygen atoms in total. The molecule has 1 aliphatic heterocycles. The van der Waals surface area contributed by atoms with E-state index < -0.39 is 17.6 Å². The second-order valence-corrected chi connectivity index (χ2v) is 6.23. The lowest BCUT2D eigenvalue weighted by Crippen LogP contribution is -2.41. The molecule has 0 radical (unpaired) electrons. The first-order chi connectivity index (χ1) is 12.3. The minimum Gasteiger partial charge on any atom is -0.475 e. The van der Waals surface area contributed by atoms with Crippen molar-refractivity contribution in [2.75, 3.05) is 32.8 Å². The number of aliphatic imine (C=N–C) groups is 1. The van der Waals surface area contributed by atoms with E-state index in [1.54, 1.807) is 0 Å². The van der Waals surface area contributed by atoms with Gasteiger partial charge in [0.25, 0.3) is 0 Å². The molecule has 1 saturated heterocycles. The Labute approximate surface area is 151 Å². The number of aromatic nitrogens is 1. The Balaban J connectivity index is 1.85. The molecule has 1 atom stereocenters. The molecule has 146 valence electrons. The number of alkyl halides is 3. The topological polar surface area (TPSA) is 67.8 Å². The average molecular weight is 374 g/mol. The van der Waals surface area contributed by atoms with E-state index in [0.717, 1.165) is 25.5 Å². The second kappa shape index (κ2) is 9.07. The van der Waals surface area contributed by atoms with Crippen molar-refractivity contribution < 1.29 is 22.6 Å². The number of halogens is 3. The van der Waals surface area contributed by atoms with Crippen molar-refractivity contribution in [1.29, 1.82) is 0 Å². The van der Waals surface area contributed by atoms with Crippen LogP contribution in [0.2, 0.25) is 0 Å². The van der Waals surface area contributed by atoms with Gasteiger partial charge in [-0.25, -0.2) is 4.98 Å². The molecule has 1 aromatic rings. The Kier molecular flexibility index (Phi) is 7.07. The largest absolute Gasteiger partial charge is 0.475 e. The molecule has 0 amide bonds. The smallest absolute Gasteiger partial charge is 0.421 e. The first-order valence-corrected chi connectivity index (χ1v) is 8.65. The van der Waals surface area contributed by atoms with Gasteiger partial charge in [-0.2, -0.15) is 13.2 Å². The van der Waals surface area contributed by atoms with Gasteiger partial charge in [0.15, 0.2) is 5.96 Å². The molecule has 0 spiro atoms. The molecule has 0 aliphatic carbocycles. The summed E-state index contributed by atoms with van der Waals surface area (Å²) >= 11 is 0. The van der Waals surface area contributed by atoms with Crippen molar-refractivity contribution in [1.82, 2.24) is 15.6 Å². The monoisotopic (exact) mass is 374 g/mol. The molecule has 1 aromatic heterocycles. The van der Waals surface area contributed by atoms with Gasteiger partial charge in [-0.3, -0.25) is 4.99 Å². The molecule has 9 heteroatoms. The van der Waals surface area contributed by atoms with Crippen LogP contribution in [0, 0.1) is 0 Å². The van der Waals surface area contributed by atoms with Crippen molar-refractivity contribution in [3.8, 4) is 5.88 Å². The van der Waals surface area contributed by atoms with Crippen LogP contribution >= 0.6 is 0 Å². The third kappa shape index (κ3) is 6.05. The number of hydrogen-bond acceptors (Lipinski definition) is 4. The first kappa shape index (κ1) is 20.3. The summed E-state index contributed by atoms with van der Waals surface area (Å²) in [6.45, 7) is 6.20. The standard InChI is InChI=1S/C17H25F3N4O2/c1-3-21-15(24-12-16(2)7-5-10-26-16)23-9-11-25-14-13(17(18,19)20)6-4-8-22-14/h4,6,8H,3,5,7,9-12H2,1-2H3,(H2,21,23,24). The SMILES string of the molecule is CCNC(=NCC1(C)CCCO1)NCCOc1ncccc1C(F)(F)F. The normalized spacial score (nSPS) is 20.9. The zero-order valence-corrected chi connectivity index (χ0v) is 15.0. The maximum absolute atomic E-state index is 12.9. The molecule has 0 saturated carbocycles. The number of guanidine groups is 1. The van der Waals surface area contributed by atoms with Crippen LogP contribution in [0.4, 0.5) is 13.2 Å². The van der Waals surface area contributed by atoms with Crippen LogP contribution < -0.4 is 15.4 Å². The number of nitrogens with zero attached hydrogens (tertiary/aromatic N) is 2. The highest BCUT2D eigenvalue weighted by Crippen LogP contribution is 2.34. The summed E-state index contributed by atoms with van der Waals surface area (Å²) in [5.74, 6) is 0.153. The Hall–Kier alpha value is -2.03. The average Bonchev–Trinajstić information content (AvgIpc) is 3.03. The van der Waals surface area contributed by atoms with Crippen LogP contribution in [0.5, 0.6) is 5.88 Å². The fraction of sp³-hybridized carbons (Fsp3) is 0.647. The molecule has 26 heavy (non-hydrogen) atoms. The highest BCUT2D eigenvalue weighted by molar-refractivity contribution is 5.79. The van der Waals surface area contributed by atoms with E-state index in [1.807, 2.05) is 13.8 Å². The van der Waals surface area contributed by atoms with Gasteiger partial charge in [0.2, 0.25) is 5.88 Å². The van der Waals surface area contributed by atoms with E-state index in [0.29, 0.717) is 19.0 Å². The zero-order chi connectivity index (χ0) is 19.0. The molecule has 2 N–H and O–H groups in total. The lowest BCUT2D eigenvalue weighted by atomic mass is 10.0. The van der Waals surface area contributed by atoms with Gasteiger partial charge in [0.05, 0.1) is 18.7 Å².